The molecule has 3 nitrogen and oxygen atoms in total. The van der Waals surface area contributed by atoms with Crippen molar-refractivity contribution >= 4 is 0 Å². The Kier molecular flexibility index (Phi) is 4.94. The molecule has 1 aromatic rings. The third-order valence-corrected chi connectivity index (χ3v) is 4.99. The fraction of sp³-hybridized carbons (Fsp3) is 0.667. The number of benzene rings is 1. The largest absolute Gasteiger partial charge is 0.381 e. The van der Waals surface area contributed by atoms with E-state index in [1.807, 2.05) is 0 Å². The highest BCUT2D eigenvalue weighted by Gasteiger charge is 2.31. The number of rotatable bonds is 3. The second-order valence-electron chi connectivity index (χ2n) is 6.93. The molecular formula is C18H28N2O. The molecule has 2 aliphatic rings. The highest BCUT2D eigenvalue weighted by molar-refractivity contribution is 5.19. The van der Waals surface area contributed by atoms with Crippen LogP contribution >= 0.6 is 0 Å². The summed E-state index contributed by atoms with van der Waals surface area (Å²) in [7, 11) is 0. The number of hydrogen-bond donors (Lipinski definition) is 1. The minimum Gasteiger partial charge on any atom is -0.381 e. The summed E-state index contributed by atoms with van der Waals surface area (Å²) in [4.78, 5) is 2.67. The highest BCUT2D eigenvalue weighted by atomic mass is 16.5. The topological polar surface area (TPSA) is 24.5 Å². The molecule has 0 radical (unpaired) electrons. The first kappa shape index (κ1) is 15.0. The van der Waals surface area contributed by atoms with Gasteiger partial charge in [0.2, 0.25) is 0 Å². The van der Waals surface area contributed by atoms with Gasteiger partial charge in [-0.2, -0.15) is 0 Å². The summed E-state index contributed by atoms with van der Waals surface area (Å²) in [6.45, 7) is 8.98. The molecule has 3 rings (SSSR count). The predicted octanol–water partition coefficient (Wildman–Crippen LogP) is 2.84. The molecule has 0 aliphatic carbocycles. The molecule has 1 atom stereocenters. The van der Waals surface area contributed by atoms with Gasteiger partial charge in [0.05, 0.1) is 0 Å². The summed E-state index contributed by atoms with van der Waals surface area (Å²) >= 11 is 0. The molecule has 2 heterocycles. The Balaban J connectivity index is 1.65. The maximum atomic E-state index is 5.54. The van der Waals surface area contributed by atoms with E-state index < -0.39 is 0 Å². The van der Waals surface area contributed by atoms with Gasteiger partial charge in [0.25, 0.3) is 0 Å². The van der Waals surface area contributed by atoms with Crippen molar-refractivity contribution in [1.29, 1.82) is 0 Å². The molecule has 1 aromatic carbocycles. The molecule has 0 bridgehead atoms. The van der Waals surface area contributed by atoms with Crippen molar-refractivity contribution in [2.75, 3.05) is 39.4 Å². The third-order valence-electron chi connectivity index (χ3n) is 4.99. The van der Waals surface area contributed by atoms with E-state index >= 15 is 0 Å². The van der Waals surface area contributed by atoms with Gasteiger partial charge in [-0.3, -0.25) is 0 Å². The van der Waals surface area contributed by atoms with Crippen LogP contribution < -0.4 is 5.32 Å². The quantitative estimate of drug-likeness (QED) is 0.925. The third kappa shape index (κ3) is 4.06. The van der Waals surface area contributed by atoms with E-state index in [1.165, 1.54) is 37.9 Å². The van der Waals surface area contributed by atoms with E-state index in [0.717, 1.165) is 26.3 Å². The average molecular weight is 288 g/mol. The van der Waals surface area contributed by atoms with Crippen LogP contribution in [0.1, 0.15) is 37.8 Å². The molecule has 1 N–H and O–H groups in total. The van der Waals surface area contributed by atoms with Gasteiger partial charge in [-0.15, -0.1) is 0 Å². The van der Waals surface area contributed by atoms with E-state index in [0.29, 0.717) is 11.5 Å². The van der Waals surface area contributed by atoms with Crippen molar-refractivity contribution in [3.63, 3.8) is 0 Å². The van der Waals surface area contributed by atoms with Crippen LogP contribution in [0.5, 0.6) is 0 Å². The van der Waals surface area contributed by atoms with Crippen molar-refractivity contribution in [2.45, 2.75) is 32.2 Å². The summed E-state index contributed by atoms with van der Waals surface area (Å²) in [5.74, 6) is 0. The van der Waals surface area contributed by atoms with Gasteiger partial charge in [0.1, 0.15) is 0 Å². The van der Waals surface area contributed by atoms with Crippen LogP contribution in [0.3, 0.4) is 0 Å². The van der Waals surface area contributed by atoms with Crippen LogP contribution in [0.4, 0.5) is 0 Å². The zero-order valence-corrected chi connectivity index (χ0v) is 13.2. The Morgan fingerprint density at radius 3 is 2.76 bits per heavy atom. The molecule has 0 spiro atoms. The zero-order chi connectivity index (χ0) is 14.5. The average Bonchev–Trinajstić information content (AvgIpc) is 2.74. The summed E-state index contributed by atoms with van der Waals surface area (Å²) in [5, 5.41) is 3.71. The first-order chi connectivity index (χ1) is 10.3. The van der Waals surface area contributed by atoms with Crippen LogP contribution in [0, 0.1) is 5.41 Å². The summed E-state index contributed by atoms with van der Waals surface area (Å²) in [5.41, 5.74) is 1.85. The molecular weight excluding hydrogens is 260 g/mol. The number of nitrogens with one attached hydrogen (secondary N) is 1. The van der Waals surface area contributed by atoms with Crippen LogP contribution in [0.2, 0.25) is 0 Å². The Morgan fingerprint density at radius 1 is 1.24 bits per heavy atom. The number of ether oxygens (including phenoxy) is 1. The first-order valence-electron chi connectivity index (χ1n) is 8.34. The maximum absolute atomic E-state index is 5.54. The lowest BCUT2D eigenvalue weighted by Crippen LogP contribution is -2.41. The lowest BCUT2D eigenvalue weighted by Gasteiger charge is -2.38. The van der Waals surface area contributed by atoms with E-state index in [2.05, 4.69) is 47.5 Å². The first-order valence-corrected chi connectivity index (χ1v) is 8.34. The fourth-order valence-corrected chi connectivity index (χ4v) is 3.61. The number of nitrogens with zero attached hydrogens (tertiary/aromatic N) is 1. The molecule has 1 unspecified atom stereocenters. The van der Waals surface area contributed by atoms with E-state index in [-0.39, 0.29) is 0 Å². The minimum absolute atomic E-state index is 0.434. The molecule has 116 valence electrons. The van der Waals surface area contributed by atoms with Crippen molar-refractivity contribution in [3.8, 4) is 0 Å². The van der Waals surface area contributed by atoms with Gasteiger partial charge in [-0.05, 0) is 43.3 Å². The van der Waals surface area contributed by atoms with E-state index in [4.69, 9.17) is 4.74 Å². The summed E-state index contributed by atoms with van der Waals surface area (Å²) in [6.07, 6.45) is 3.65. The molecule has 21 heavy (non-hydrogen) atoms. The van der Waals surface area contributed by atoms with Crippen molar-refractivity contribution in [1.82, 2.24) is 10.2 Å². The van der Waals surface area contributed by atoms with E-state index in [1.54, 1.807) is 0 Å². The van der Waals surface area contributed by atoms with Crippen molar-refractivity contribution in [3.05, 3.63) is 35.9 Å². The van der Waals surface area contributed by atoms with Gasteiger partial charge in [0, 0.05) is 32.3 Å². The summed E-state index contributed by atoms with van der Waals surface area (Å²) in [6, 6.07) is 11.4. The Hall–Kier alpha value is -0.900. The SMILES string of the molecule is CC1(CN2CCCNC(c3ccccc3)C2)CCOCC1. The molecule has 0 saturated carbocycles. The van der Waals surface area contributed by atoms with Gasteiger partial charge >= 0.3 is 0 Å². The second-order valence-corrected chi connectivity index (χ2v) is 6.93. The van der Waals surface area contributed by atoms with Crippen LogP contribution in [0.25, 0.3) is 0 Å². The fourth-order valence-electron chi connectivity index (χ4n) is 3.61. The van der Waals surface area contributed by atoms with Crippen molar-refractivity contribution < 1.29 is 4.74 Å². The second kappa shape index (κ2) is 6.91. The Bertz CT molecular complexity index is 428. The standard InChI is InChI=1S/C18H28N2O/c1-18(8-12-21-13-9-18)15-20-11-5-10-19-17(14-20)16-6-3-2-4-7-16/h2-4,6-7,17,19H,5,8-15H2,1H3. The predicted molar refractivity (Wildman–Crippen MR) is 86.4 cm³/mol. The number of hydrogen-bond acceptors (Lipinski definition) is 3. The molecule has 2 aliphatic heterocycles. The van der Waals surface area contributed by atoms with Crippen molar-refractivity contribution in [2.24, 2.45) is 5.41 Å². The molecule has 0 aromatic heterocycles. The van der Waals surface area contributed by atoms with Gasteiger partial charge in [-0.25, -0.2) is 0 Å². The normalized spacial score (nSPS) is 27.2. The van der Waals surface area contributed by atoms with Gasteiger partial charge < -0.3 is 15.0 Å². The molecule has 0 amide bonds. The highest BCUT2D eigenvalue weighted by Crippen LogP contribution is 2.31. The smallest absolute Gasteiger partial charge is 0.0471 e. The molecule has 2 saturated heterocycles. The van der Waals surface area contributed by atoms with E-state index in [9.17, 15) is 0 Å². The van der Waals surface area contributed by atoms with Crippen LogP contribution in [0.15, 0.2) is 30.3 Å². The summed E-state index contributed by atoms with van der Waals surface area (Å²) < 4.78 is 5.54. The molecule has 2 fully saturated rings. The van der Waals surface area contributed by atoms with Crippen LogP contribution in [-0.2, 0) is 4.74 Å². The van der Waals surface area contributed by atoms with Gasteiger partial charge in [0.15, 0.2) is 0 Å². The lowest BCUT2D eigenvalue weighted by atomic mass is 9.82. The monoisotopic (exact) mass is 288 g/mol. The molecule has 3 heteroatoms. The van der Waals surface area contributed by atoms with Gasteiger partial charge in [-0.1, -0.05) is 37.3 Å². The maximum Gasteiger partial charge on any atom is 0.0471 e. The Labute approximate surface area is 128 Å². The lowest BCUT2D eigenvalue weighted by molar-refractivity contribution is 0.00481. The minimum atomic E-state index is 0.434. The zero-order valence-electron chi connectivity index (χ0n) is 13.2. The van der Waals surface area contributed by atoms with Crippen LogP contribution in [-0.4, -0.2) is 44.3 Å². The Morgan fingerprint density at radius 2 is 2.00 bits per heavy atom.